The number of amides is 1. The maximum atomic E-state index is 13.6. The van der Waals surface area contributed by atoms with Crippen LogP contribution in [0.15, 0.2) is 48.5 Å². The smallest absolute Gasteiger partial charge is 0.287 e. The zero-order valence-corrected chi connectivity index (χ0v) is 20.7. The highest BCUT2D eigenvalue weighted by Crippen LogP contribution is 2.29. The summed E-state index contributed by atoms with van der Waals surface area (Å²) in [6.07, 6.45) is -2.59. The lowest BCUT2D eigenvalue weighted by atomic mass is 10.0. The molecule has 0 spiro atoms. The largest absolute Gasteiger partial charge is 0.550 e. The summed E-state index contributed by atoms with van der Waals surface area (Å²) in [5.41, 5.74) is 2.36. The zero-order chi connectivity index (χ0) is 27.1. The van der Waals surface area contributed by atoms with Crippen molar-refractivity contribution in [3.8, 4) is 11.3 Å². The normalized spacial score (nSPS) is 12.9. The first-order valence-electron chi connectivity index (χ1n) is 12.0. The second-order valence-corrected chi connectivity index (χ2v) is 9.17. The fourth-order valence-electron chi connectivity index (χ4n) is 4.14. The number of benzene rings is 2. The quantitative estimate of drug-likeness (QED) is 0.341. The number of aliphatic hydroxyl groups is 2. The van der Waals surface area contributed by atoms with Gasteiger partial charge in [-0.15, -0.1) is 0 Å². The van der Waals surface area contributed by atoms with E-state index in [0.717, 1.165) is 0 Å². The van der Waals surface area contributed by atoms with Gasteiger partial charge in [0.05, 0.1) is 17.9 Å². The van der Waals surface area contributed by atoms with E-state index in [2.05, 4.69) is 10.3 Å². The Morgan fingerprint density at radius 3 is 2.16 bits per heavy atom. The van der Waals surface area contributed by atoms with Crippen LogP contribution in [0.25, 0.3) is 11.3 Å². The van der Waals surface area contributed by atoms with Gasteiger partial charge in [-0.25, -0.2) is 13.8 Å². The number of carboxylic acid groups (broad SMARTS) is 1. The van der Waals surface area contributed by atoms with Gasteiger partial charge in [-0.3, -0.25) is 4.79 Å². The van der Waals surface area contributed by atoms with Gasteiger partial charge >= 0.3 is 0 Å². The van der Waals surface area contributed by atoms with Gasteiger partial charge in [0.25, 0.3) is 5.91 Å². The monoisotopic (exact) mass is 514 g/mol. The highest BCUT2D eigenvalue weighted by atomic mass is 19.1. The number of carbonyl (C=O) groups is 2. The molecule has 0 radical (unpaired) electrons. The van der Waals surface area contributed by atoms with Crippen molar-refractivity contribution >= 4 is 11.9 Å². The van der Waals surface area contributed by atoms with Crippen LogP contribution < -0.4 is 10.4 Å². The number of rotatable bonds is 12. The van der Waals surface area contributed by atoms with Crippen molar-refractivity contribution in [3.63, 3.8) is 0 Å². The van der Waals surface area contributed by atoms with Crippen LogP contribution in [0.4, 0.5) is 8.78 Å². The van der Waals surface area contributed by atoms with E-state index in [4.69, 9.17) is 0 Å². The summed E-state index contributed by atoms with van der Waals surface area (Å²) in [6, 6.07) is 11.2. The minimum atomic E-state index is -1.41. The van der Waals surface area contributed by atoms with E-state index < -0.39 is 36.3 Å². The number of hydrogen-bond acceptors (Lipinski definition) is 6. The van der Waals surface area contributed by atoms with E-state index in [9.17, 15) is 33.7 Å². The summed E-state index contributed by atoms with van der Waals surface area (Å²) in [4.78, 5) is 28.5. The first kappa shape index (κ1) is 27.9. The maximum absolute atomic E-state index is 13.6. The molecule has 3 rings (SSSR count). The number of aromatic nitrogens is 2. The van der Waals surface area contributed by atoms with Gasteiger partial charge in [0.2, 0.25) is 0 Å². The van der Waals surface area contributed by atoms with Gasteiger partial charge < -0.3 is 30.0 Å². The number of nitrogens with zero attached hydrogens (tertiary/aromatic N) is 2. The summed E-state index contributed by atoms with van der Waals surface area (Å²) in [5, 5.41) is 33.7. The van der Waals surface area contributed by atoms with Crippen LogP contribution in [0.5, 0.6) is 0 Å². The van der Waals surface area contributed by atoms with Crippen LogP contribution in [0.2, 0.25) is 0 Å². The molecule has 0 fully saturated rings. The fraction of sp³-hybridized carbons (Fsp3) is 0.370. The third kappa shape index (κ3) is 7.68. The Hall–Kier alpha value is -3.63. The summed E-state index contributed by atoms with van der Waals surface area (Å²) in [5.74, 6) is -2.56. The molecule has 0 aliphatic rings. The number of carbonyl (C=O) groups excluding carboxylic acids is 2. The van der Waals surface area contributed by atoms with Crippen LogP contribution >= 0.6 is 0 Å². The van der Waals surface area contributed by atoms with E-state index >= 15 is 0 Å². The van der Waals surface area contributed by atoms with Crippen LogP contribution in [0.1, 0.15) is 61.0 Å². The lowest BCUT2D eigenvalue weighted by Gasteiger charge is -2.19. The van der Waals surface area contributed by atoms with Gasteiger partial charge in [-0.1, -0.05) is 12.1 Å². The molecule has 0 bridgehead atoms. The van der Waals surface area contributed by atoms with Crippen LogP contribution in [-0.2, 0) is 17.8 Å². The molecule has 2 aromatic carbocycles. The first-order chi connectivity index (χ1) is 17.5. The summed E-state index contributed by atoms with van der Waals surface area (Å²) in [7, 11) is 0. The molecule has 3 aromatic rings. The molecule has 0 unspecified atom stereocenters. The van der Waals surface area contributed by atoms with E-state index in [-0.39, 0.29) is 43.5 Å². The van der Waals surface area contributed by atoms with Crippen molar-refractivity contribution in [1.82, 2.24) is 14.9 Å². The molecule has 1 amide bonds. The van der Waals surface area contributed by atoms with Crippen molar-refractivity contribution in [3.05, 3.63) is 77.2 Å². The number of halogens is 2. The average molecular weight is 515 g/mol. The minimum absolute atomic E-state index is 0.123. The molecule has 3 N–H and O–H groups in total. The van der Waals surface area contributed by atoms with E-state index in [0.29, 0.717) is 22.5 Å². The molecular weight excluding hydrogens is 484 g/mol. The third-order valence-electron chi connectivity index (χ3n) is 5.87. The Balaban J connectivity index is 1.90. The Morgan fingerprint density at radius 1 is 1.00 bits per heavy atom. The molecule has 10 heteroatoms. The SMILES string of the molecule is CC(C)n1c(C(=O)NCc2ccc(F)cc2)nc(-c2ccc(F)cc2)c1CC[C@@H](O)C[C@@H](O)CC(=O)[O-]. The van der Waals surface area contributed by atoms with Gasteiger partial charge in [0.1, 0.15) is 11.6 Å². The van der Waals surface area contributed by atoms with Crippen molar-refractivity contribution in [2.24, 2.45) is 0 Å². The summed E-state index contributed by atoms with van der Waals surface area (Å²) in [6.45, 7) is 3.90. The van der Waals surface area contributed by atoms with Crippen molar-refractivity contribution < 1.29 is 33.7 Å². The third-order valence-corrected chi connectivity index (χ3v) is 5.87. The van der Waals surface area contributed by atoms with Gasteiger partial charge in [0.15, 0.2) is 5.82 Å². The van der Waals surface area contributed by atoms with Crippen molar-refractivity contribution in [2.75, 3.05) is 0 Å². The zero-order valence-electron chi connectivity index (χ0n) is 20.7. The second-order valence-electron chi connectivity index (χ2n) is 9.17. The standard InChI is InChI=1S/C27H31F2N3O5/c1-16(2)32-23(12-11-21(33)13-22(34)14-24(35)36)25(18-5-9-20(29)10-6-18)31-26(32)27(37)30-15-17-3-7-19(28)8-4-17/h3-10,16,21-22,33-34H,11-15H2,1-2H3,(H,30,37)(H,35,36)/p-1/t21-,22-/m1/s1. The minimum Gasteiger partial charge on any atom is -0.550 e. The van der Waals surface area contributed by atoms with E-state index in [1.54, 1.807) is 28.8 Å². The lowest BCUT2D eigenvalue weighted by Crippen LogP contribution is -2.29. The van der Waals surface area contributed by atoms with Crippen LogP contribution in [-0.4, -0.2) is 43.8 Å². The van der Waals surface area contributed by atoms with Gasteiger partial charge in [0, 0.05) is 36.2 Å². The summed E-state index contributed by atoms with van der Waals surface area (Å²) >= 11 is 0. The van der Waals surface area contributed by atoms with Crippen LogP contribution in [0, 0.1) is 11.6 Å². The number of aliphatic hydroxyl groups excluding tert-OH is 2. The van der Waals surface area contributed by atoms with Crippen molar-refractivity contribution in [1.29, 1.82) is 0 Å². The Morgan fingerprint density at radius 2 is 1.59 bits per heavy atom. The predicted molar refractivity (Wildman–Crippen MR) is 130 cm³/mol. The molecule has 0 saturated carbocycles. The highest BCUT2D eigenvalue weighted by Gasteiger charge is 2.25. The highest BCUT2D eigenvalue weighted by molar-refractivity contribution is 5.92. The molecule has 0 saturated heterocycles. The fourth-order valence-corrected chi connectivity index (χ4v) is 4.14. The van der Waals surface area contributed by atoms with E-state index in [1.165, 1.54) is 24.3 Å². The molecule has 37 heavy (non-hydrogen) atoms. The number of carboxylic acids is 1. The number of imidazole rings is 1. The van der Waals surface area contributed by atoms with Gasteiger partial charge in [-0.2, -0.15) is 0 Å². The Bertz CT molecular complexity index is 1210. The Labute approximate surface area is 213 Å². The predicted octanol–water partition coefficient (Wildman–Crippen LogP) is 2.52. The molecule has 0 aliphatic heterocycles. The topological polar surface area (TPSA) is 128 Å². The maximum Gasteiger partial charge on any atom is 0.287 e. The molecule has 8 nitrogen and oxygen atoms in total. The molecular formula is C27H30F2N3O5-. The number of nitrogens with one attached hydrogen (secondary N) is 1. The molecule has 1 heterocycles. The van der Waals surface area contributed by atoms with Crippen LogP contribution in [0.3, 0.4) is 0 Å². The number of aliphatic carboxylic acids is 1. The van der Waals surface area contributed by atoms with Gasteiger partial charge in [-0.05, 0) is 75.1 Å². The molecule has 2 atom stereocenters. The average Bonchev–Trinajstić information content (AvgIpc) is 3.22. The number of hydrogen-bond donors (Lipinski definition) is 3. The summed E-state index contributed by atoms with van der Waals surface area (Å²) < 4.78 is 28.5. The first-order valence-corrected chi connectivity index (χ1v) is 12.0. The van der Waals surface area contributed by atoms with Crippen molar-refractivity contribution in [2.45, 2.75) is 64.3 Å². The second kappa shape index (κ2) is 12.6. The lowest BCUT2D eigenvalue weighted by molar-refractivity contribution is -0.307. The molecule has 1 aromatic heterocycles. The molecule has 198 valence electrons. The Kier molecular flexibility index (Phi) is 9.48. The van der Waals surface area contributed by atoms with E-state index in [1.807, 2.05) is 13.8 Å². The molecule has 0 aliphatic carbocycles.